The fourth-order valence-electron chi connectivity index (χ4n) is 4.61. The van der Waals surface area contributed by atoms with Gasteiger partial charge >= 0.3 is 0 Å². The Kier molecular flexibility index (Phi) is 5.97. The van der Waals surface area contributed by atoms with Gasteiger partial charge in [0.1, 0.15) is 6.54 Å². The molecule has 1 aliphatic heterocycles. The Bertz CT molecular complexity index is 953. The number of rotatable bonds is 4. The molecule has 6 nitrogen and oxygen atoms in total. The first kappa shape index (κ1) is 19.7. The molecular formula is C23H29N3O3. The molecule has 0 radical (unpaired) electrons. The highest BCUT2D eigenvalue weighted by molar-refractivity contribution is 6.06. The minimum Gasteiger partial charge on any atom is -0.352 e. The van der Waals surface area contributed by atoms with Crippen LogP contribution < -0.4 is 10.9 Å². The van der Waals surface area contributed by atoms with Crippen molar-refractivity contribution in [1.29, 1.82) is 0 Å². The lowest BCUT2D eigenvalue weighted by atomic mass is 9.95. The summed E-state index contributed by atoms with van der Waals surface area (Å²) < 4.78 is 1.49. The van der Waals surface area contributed by atoms with Crippen LogP contribution in [0.4, 0.5) is 0 Å². The molecule has 2 fully saturated rings. The topological polar surface area (TPSA) is 71.4 Å². The summed E-state index contributed by atoms with van der Waals surface area (Å²) >= 11 is 0. The Labute approximate surface area is 170 Å². The van der Waals surface area contributed by atoms with Crippen LogP contribution in [-0.2, 0) is 11.3 Å². The number of piperidine rings is 1. The maximum atomic E-state index is 13.1. The van der Waals surface area contributed by atoms with Crippen molar-refractivity contribution in [3.05, 3.63) is 46.2 Å². The molecule has 1 saturated heterocycles. The van der Waals surface area contributed by atoms with E-state index in [0.717, 1.165) is 63.4 Å². The molecule has 4 rings (SSSR count). The van der Waals surface area contributed by atoms with Gasteiger partial charge in [-0.2, -0.15) is 0 Å². The number of pyridine rings is 1. The number of aromatic nitrogens is 1. The van der Waals surface area contributed by atoms with Crippen LogP contribution >= 0.6 is 0 Å². The zero-order chi connectivity index (χ0) is 20.2. The monoisotopic (exact) mass is 395 g/mol. The smallest absolute Gasteiger partial charge is 0.254 e. The Morgan fingerprint density at radius 2 is 1.66 bits per heavy atom. The van der Waals surface area contributed by atoms with E-state index in [1.54, 1.807) is 0 Å². The average Bonchev–Trinajstić information content (AvgIpc) is 2.76. The van der Waals surface area contributed by atoms with Gasteiger partial charge in [-0.1, -0.05) is 37.5 Å². The third-order valence-electron chi connectivity index (χ3n) is 6.16. The Balaban J connectivity index is 1.62. The summed E-state index contributed by atoms with van der Waals surface area (Å²) in [6.45, 7) is 1.45. The SMILES string of the molecule is O=C(Cn1c(=O)cc(C(=O)N2CCCCC2)c2ccccc21)NC1CCCCC1. The molecule has 0 spiro atoms. The summed E-state index contributed by atoms with van der Waals surface area (Å²) in [6, 6.07) is 9.00. The summed E-state index contributed by atoms with van der Waals surface area (Å²) in [5.41, 5.74) is 0.776. The van der Waals surface area contributed by atoms with Crippen LogP contribution in [0.1, 0.15) is 61.7 Å². The first-order chi connectivity index (χ1) is 14.1. The number of para-hydroxylation sites is 1. The highest BCUT2D eigenvalue weighted by Crippen LogP contribution is 2.21. The number of carbonyl (C=O) groups excluding carboxylic acids is 2. The summed E-state index contributed by atoms with van der Waals surface area (Å²) in [4.78, 5) is 40.4. The highest BCUT2D eigenvalue weighted by Gasteiger charge is 2.23. The second-order valence-corrected chi connectivity index (χ2v) is 8.25. The molecule has 2 aliphatic rings. The van der Waals surface area contributed by atoms with Crippen LogP contribution in [0.5, 0.6) is 0 Å². The van der Waals surface area contributed by atoms with Crippen molar-refractivity contribution in [2.75, 3.05) is 13.1 Å². The van der Waals surface area contributed by atoms with Gasteiger partial charge in [-0.15, -0.1) is 0 Å². The molecule has 0 unspecified atom stereocenters. The van der Waals surface area contributed by atoms with E-state index in [9.17, 15) is 14.4 Å². The molecule has 1 N–H and O–H groups in total. The lowest BCUT2D eigenvalue weighted by Gasteiger charge is -2.27. The number of amides is 2. The number of nitrogens with zero attached hydrogens (tertiary/aromatic N) is 2. The zero-order valence-corrected chi connectivity index (χ0v) is 16.9. The molecule has 0 atom stereocenters. The number of likely N-dealkylation sites (tertiary alicyclic amines) is 1. The Hall–Kier alpha value is -2.63. The van der Waals surface area contributed by atoms with Crippen molar-refractivity contribution in [2.24, 2.45) is 0 Å². The molecule has 2 heterocycles. The maximum Gasteiger partial charge on any atom is 0.254 e. The van der Waals surface area contributed by atoms with Gasteiger partial charge in [0.15, 0.2) is 0 Å². The number of benzene rings is 1. The van der Waals surface area contributed by atoms with E-state index in [1.165, 1.54) is 17.1 Å². The van der Waals surface area contributed by atoms with Gasteiger partial charge in [-0.25, -0.2) is 0 Å². The van der Waals surface area contributed by atoms with E-state index >= 15 is 0 Å². The Morgan fingerprint density at radius 3 is 2.41 bits per heavy atom. The van der Waals surface area contributed by atoms with Crippen molar-refractivity contribution in [1.82, 2.24) is 14.8 Å². The fraction of sp³-hybridized carbons (Fsp3) is 0.522. The van der Waals surface area contributed by atoms with E-state index in [2.05, 4.69) is 5.32 Å². The first-order valence-corrected chi connectivity index (χ1v) is 10.8. The molecule has 1 aromatic carbocycles. The second kappa shape index (κ2) is 8.80. The highest BCUT2D eigenvalue weighted by atomic mass is 16.2. The van der Waals surface area contributed by atoms with Crippen molar-refractivity contribution in [3.8, 4) is 0 Å². The van der Waals surface area contributed by atoms with Crippen LogP contribution in [0.25, 0.3) is 10.9 Å². The predicted octanol–water partition coefficient (Wildman–Crippen LogP) is 3.08. The normalized spacial score (nSPS) is 18.0. The van der Waals surface area contributed by atoms with E-state index in [4.69, 9.17) is 0 Å². The van der Waals surface area contributed by atoms with Gasteiger partial charge in [-0.3, -0.25) is 19.0 Å². The Morgan fingerprint density at radius 1 is 0.966 bits per heavy atom. The molecule has 6 heteroatoms. The summed E-state index contributed by atoms with van der Waals surface area (Å²) in [5.74, 6) is -0.226. The van der Waals surface area contributed by atoms with Crippen LogP contribution in [0.3, 0.4) is 0 Å². The molecule has 2 amide bonds. The fourth-order valence-corrected chi connectivity index (χ4v) is 4.61. The molecular weight excluding hydrogens is 366 g/mol. The van der Waals surface area contributed by atoms with Gasteiger partial charge in [0.25, 0.3) is 11.5 Å². The molecule has 29 heavy (non-hydrogen) atoms. The van der Waals surface area contributed by atoms with Gasteiger partial charge in [-0.05, 0) is 38.2 Å². The number of nitrogens with one attached hydrogen (secondary N) is 1. The van der Waals surface area contributed by atoms with Crippen LogP contribution in [0, 0.1) is 0 Å². The molecule has 1 aromatic heterocycles. The van der Waals surface area contributed by atoms with Gasteiger partial charge in [0, 0.05) is 30.6 Å². The van der Waals surface area contributed by atoms with Crippen LogP contribution in [-0.4, -0.2) is 40.4 Å². The van der Waals surface area contributed by atoms with Gasteiger partial charge in [0.2, 0.25) is 5.91 Å². The number of hydrogen-bond acceptors (Lipinski definition) is 3. The standard InChI is InChI=1S/C23H29N3O3/c27-21(24-17-9-3-1-4-10-17)16-26-20-12-6-5-11-18(20)19(15-22(26)28)23(29)25-13-7-2-8-14-25/h5-6,11-12,15,17H,1-4,7-10,13-14,16H2,(H,24,27). The lowest BCUT2D eigenvalue weighted by molar-refractivity contribution is -0.122. The van der Waals surface area contributed by atoms with E-state index < -0.39 is 0 Å². The van der Waals surface area contributed by atoms with Crippen LogP contribution in [0.2, 0.25) is 0 Å². The first-order valence-electron chi connectivity index (χ1n) is 10.8. The van der Waals surface area contributed by atoms with Crippen molar-refractivity contribution in [3.63, 3.8) is 0 Å². The third-order valence-corrected chi connectivity index (χ3v) is 6.16. The van der Waals surface area contributed by atoms with E-state index in [1.807, 2.05) is 29.2 Å². The second-order valence-electron chi connectivity index (χ2n) is 8.25. The minimum absolute atomic E-state index is 0.0198. The summed E-state index contributed by atoms with van der Waals surface area (Å²) in [5, 5.41) is 3.80. The molecule has 2 aromatic rings. The van der Waals surface area contributed by atoms with Crippen molar-refractivity contribution in [2.45, 2.75) is 64.0 Å². The van der Waals surface area contributed by atoms with Crippen molar-refractivity contribution >= 4 is 22.7 Å². The molecule has 0 bridgehead atoms. The predicted molar refractivity (Wildman–Crippen MR) is 113 cm³/mol. The largest absolute Gasteiger partial charge is 0.352 e. The zero-order valence-electron chi connectivity index (χ0n) is 16.9. The summed E-state index contributed by atoms with van der Waals surface area (Å²) in [6.07, 6.45) is 8.66. The lowest BCUT2D eigenvalue weighted by Crippen LogP contribution is -2.40. The number of carbonyl (C=O) groups is 2. The maximum absolute atomic E-state index is 13.1. The molecule has 1 saturated carbocycles. The number of hydrogen-bond donors (Lipinski definition) is 1. The molecule has 1 aliphatic carbocycles. The number of fused-ring (bicyclic) bond motifs is 1. The average molecular weight is 396 g/mol. The van der Waals surface area contributed by atoms with E-state index in [-0.39, 0.29) is 30.0 Å². The summed E-state index contributed by atoms with van der Waals surface area (Å²) in [7, 11) is 0. The minimum atomic E-state index is -0.303. The van der Waals surface area contributed by atoms with E-state index in [0.29, 0.717) is 11.1 Å². The van der Waals surface area contributed by atoms with Crippen molar-refractivity contribution < 1.29 is 9.59 Å². The van der Waals surface area contributed by atoms with Gasteiger partial charge < -0.3 is 10.2 Å². The van der Waals surface area contributed by atoms with Crippen LogP contribution in [0.15, 0.2) is 35.1 Å². The van der Waals surface area contributed by atoms with Gasteiger partial charge in [0.05, 0.1) is 11.1 Å². The third kappa shape index (κ3) is 4.36. The quantitative estimate of drug-likeness (QED) is 0.865. The molecule has 154 valence electrons.